The molecular weight excluding hydrogens is 451 g/mol. The van der Waals surface area contributed by atoms with Gasteiger partial charge in [0.25, 0.3) is 0 Å². The van der Waals surface area contributed by atoms with Crippen molar-refractivity contribution in [2.24, 2.45) is 0 Å². The molecule has 27 heavy (non-hydrogen) atoms. The van der Waals surface area contributed by atoms with Crippen LogP contribution in [0.25, 0.3) is 0 Å². The Hall–Kier alpha value is 0.456. The minimum absolute atomic E-state index is 0.229. The molecule has 3 heteroatoms. The van der Waals surface area contributed by atoms with Crippen molar-refractivity contribution in [1.29, 1.82) is 0 Å². The molecule has 0 aromatic rings. The molecule has 1 unspecified atom stereocenters. The van der Waals surface area contributed by atoms with E-state index >= 15 is 0 Å². The summed E-state index contributed by atoms with van der Waals surface area (Å²) < 4.78 is 14.1. The number of hydrogen-bond donors (Lipinski definition) is 0. The van der Waals surface area contributed by atoms with Crippen LogP contribution < -0.4 is 0 Å². The second-order valence-corrected chi connectivity index (χ2v) is 26.9. The topological polar surface area (TPSA) is 9.23 Å². The van der Waals surface area contributed by atoms with Crippen LogP contribution >= 0.6 is 0 Å². The summed E-state index contributed by atoms with van der Waals surface area (Å²) in [6, 6.07) is 0. The van der Waals surface area contributed by atoms with Crippen molar-refractivity contribution in [2.75, 3.05) is 0 Å². The van der Waals surface area contributed by atoms with Crippen LogP contribution in [0.3, 0.4) is 0 Å². The van der Waals surface area contributed by atoms with Crippen LogP contribution in [0.4, 0.5) is 0 Å². The fourth-order valence-electron chi connectivity index (χ4n) is 3.93. The van der Waals surface area contributed by atoms with Crippen LogP contribution in [0.1, 0.15) is 85.5 Å². The van der Waals surface area contributed by atoms with Crippen LogP contribution in [-0.2, 0) is 4.43 Å². The van der Waals surface area contributed by atoms with Crippen LogP contribution in [0.15, 0.2) is 22.8 Å². The second kappa shape index (κ2) is 14.4. The van der Waals surface area contributed by atoms with Gasteiger partial charge in [-0.15, -0.1) is 0 Å². The quantitative estimate of drug-likeness (QED) is 0.143. The Bertz CT molecular complexity index is 391. The van der Waals surface area contributed by atoms with Gasteiger partial charge in [-0.2, -0.15) is 0 Å². The molecule has 1 nitrogen and oxygen atoms in total. The molecule has 0 saturated heterocycles. The summed E-state index contributed by atoms with van der Waals surface area (Å²) in [5.74, 6) is 0. The van der Waals surface area contributed by atoms with Crippen molar-refractivity contribution in [3.8, 4) is 0 Å². The van der Waals surface area contributed by atoms with Crippen LogP contribution in [0, 0.1) is 0 Å². The number of hydrogen-bond acceptors (Lipinski definition) is 1. The molecule has 0 amide bonds. The molecule has 0 aliphatic heterocycles. The average Bonchev–Trinajstić information content (AvgIpc) is 2.63. The van der Waals surface area contributed by atoms with Crippen molar-refractivity contribution < 1.29 is 4.43 Å². The van der Waals surface area contributed by atoms with Crippen molar-refractivity contribution in [3.63, 3.8) is 0 Å². The Kier molecular flexibility index (Phi) is 14.7. The molecule has 0 radical (unpaired) electrons. The zero-order chi connectivity index (χ0) is 20.8. The van der Waals surface area contributed by atoms with E-state index in [1.54, 1.807) is 0 Å². The Morgan fingerprint density at radius 2 is 1.26 bits per heavy atom. The monoisotopic (exact) mass is 502 g/mol. The van der Waals surface area contributed by atoms with E-state index in [-0.39, 0.29) is 5.60 Å². The summed E-state index contributed by atoms with van der Waals surface area (Å²) in [5.41, 5.74) is -0.229. The zero-order valence-corrected chi connectivity index (χ0v) is 23.7. The molecule has 0 aromatic heterocycles. The summed E-state index contributed by atoms with van der Waals surface area (Å²) >= 11 is -2.28. The maximum atomic E-state index is 6.75. The van der Waals surface area contributed by atoms with Gasteiger partial charge in [0.2, 0.25) is 0 Å². The Labute approximate surface area is 177 Å². The van der Waals surface area contributed by atoms with E-state index in [9.17, 15) is 0 Å². The van der Waals surface area contributed by atoms with Gasteiger partial charge in [0, 0.05) is 0 Å². The minimum atomic E-state index is -2.28. The van der Waals surface area contributed by atoms with E-state index in [1.807, 2.05) is 0 Å². The zero-order valence-electron chi connectivity index (χ0n) is 19.8. The third-order valence-electron chi connectivity index (χ3n) is 5.57. The SMILES string of the molecule is C=CC(/C=[CH]/[Sn]([CH2]CCC)([CH2]CCC)[CH2]CCC)(CCCC)O[Si](C)(C)C. The molecule has 1 atom stereocenters. The van der Waals surface area contributed by atoms with Crippen molar-refractivity contribution >= 4 is 26.7 Å². The van der Waals surface area contributed by atoms with Crippen LogP contribution in [0.5, 0.6) is 0 Å². The van der Waals surface area contributed by atoms with E-state index in [0.29, 0.717) is 0 Å². The van der Waals surface area contributed by atoms with Crippen molar-refractivity contribution in [2.45, 2.75) is 124 Å². The molecular formula is C24H50OSiSn. The van der Waals surface area contributed by atoms with Gasteiger partial charge in [0.1, 0.15) is 0 Å². The van der Waals surface area contributed by atoms with Gasteiger partial charge in [0.15, 0.2) is 0 Å². The molecule has 0 fully saturated rings. The van der Waals surface area contributed by atoms with Crippen LogP contribution in [-0.4, -0.2) is 32.3 Å². The van der Waals surface area contributed by atoms with Crippen molar-refractivity contribution in [3.05, 3.63) is 22.8 Å². The molecule has 0 saturated carbocycles. The van der Waals surface area contributed by atoms with Gasteiger partial charge >= 0.3 is 178 Å². The van der Waals surface area contributed by atoms with E-state index in [2.05, 4.69) is 70.2 Å². The Balaban J connectivity index is 5.79. The molecule has 0 aromatic carbocycles. The summed E-state index contributed by atoms with van der Waals surface area (Å²) in [6.07, 6.45) is 16.4. The first-order valence-corrected chi connectivity index (χ1v) is 22.9. The van der Waals surface area contributed by atoms with E-state index in [4.69, 9.17) is 4.43 Å². The second-order valence-electron chi connectivity index (χ2n) is 9.48. The first-order valence-electron chi connectivity index (χ1n) is 11.8. The molecule has 0 rings (SSSR count). The summed E-state index contributed by atoms with van der Waals surface area (Å²) in [5, 5.41) is 0. The first-order chi connectivity index (χ1) is 12.7. The van der Waals surface area contributed by atoms with Gasteiger partial charge in [-0.1, -0.05) is 0 Å². The molecule has 0 aliphatic carbocycles. The van der Waals surface area contributed by atoms with Gasteiger partial charge < -0.3 is 0 Å². The average molecular weight is 501 g/mol. The normalized spacial score (nSPS) is 15.2. The van der Waals surface area contributed by atoms with Crippen molar-refractivity contribution in [1.82, 2.24) is 0 Å². The molecule has 0 heterocycles. The fourth-order valence-corrected chi connectivity index (χ4v) is 19.8. The standard InChI is InChI=1S/C12H23OSi.3C4H9.Sn/c1-7-10-11-12(8-2,9-3)13-14(4,5)6;3*1-3-4-2;/h2,8-9H,3,7,10-11H2,1,4-6H3;3*1,3-4H2,2H3;. The molecule has 160 valence electrons. The predicted molar refractivity (Wildman–Crippen MR) is 131 cm³/mol. The molecule has 0 spiro atoms. The number of unbranched alkanes of at least 4 members (excludes halogenated alkanes) is 4. The number of rotatable bonds is 17. The third kappa shape index (κ3) is 11.9. The summed E-state index contributed by atoms with van der Waals surface area (Å²) in [7, 11) is -1.64. The van der Waals surface area contributed by atoms with E-state index in [0.717, 1.165) is 6.42 Å². The molecule has 0 N–H and O–H groups in total. The van der Waals surface area contributed by atoms with Crippen LogP contribution in [0.2, 0.25) is 33.0 Å². The molecule has 0 bridgehead atoms. The maximum absolute atomic E-state index is 6.75. The fraction of sp³-hybridized carbons (Fsp3) is 0.833. The van der Waals surface area contributed by atoms with Gasteiger partial charge in [-0.25, -0.2) is 0 Å². The summed E-state index contributed by atoms with van der Waals surface area (Å²) in [4.78, 5) is 0. The predicted octanol–water partition coefficient (Wildman–Crippen LogP) is 8.90. The first kappa shape index (κ1) is 27.5. The molecule has 0 aliphatic rings. The Morgan fingerprint density at radius 3 is 1.59 bits per heavy atom. The van der Waals surface area contributed by atoms with Gasteiger partial charge in [-0.05, 0) is 0 Å². The van der Waals surface area contributed by atoms with E-state index < -0.39 is 26.7 Å². The summed E-state index contributed by atoms with van der Waals surface area (Å²) in [6.45, 7) is 20.5. The third-order valence-corrected chi connectivity index (χ3v) is 20.6. The van der Waals surface area contributed by atoms with Gasteiger partial charge in [-0.3, -0.25) is 0 Å². The Morgan fingerprint density at radius 1 is 0.815 bits per heavy atom. The van der Waals surface area contributed by atoms with Gasteiger partial charge in [0.05, 0.1) is 0 Å². The van der Waals surface area contributed by atoms with E-state index in [1.165, 1.54) is 64.7 Å².